The molecule has 2 aromatic rings. The number of rotatable bonds is 1. The highest BCUT2D eigenvalue weighted by atomic mass is 16.1. The Morgan fingerprint density at radius 2 is 1.75 bits per heavy atom. The molecule has 4 nitrogen and oxygen atoms in total. The number of aromatic nitrogens is 3. The van der Waals surface area contributed by atoms with E-state index in [-0.39, 0.29) is 5.56 Å². The summed E-state index contributed by atoms with van der Waals surface area (Å²) in [6.07, 6.45) is 1.88. The number of nitrogens with zero attached hydrogens (tertiary/aromatic N) is 2. The van der Waals surface area contributed by atoms with E-state index < -0.39 is 0 Å². The smallest absolute Gasteiger partial charge is 0.275 e. The van der Waals surface area contributed by atoms with Gasteiger partial charge in [0.1, 0.15) is 5.69 Å². The summed E-state index contributed by atoms with van der Waals surface area (Å²) in [5, 5.41) is 5.50. The molecule has 0 fully saturated rings. The van der Waals surface area contributed by atoms with Crippen LogP contribution in [0.4, 0.5) is 0 Å². The van der Waals surface area contributed by atoms with Crippen LogP contribution in [0.2, 0.25) is 0 Å². The van der Waals surface area contributed by atoms with Crippen molar-refractivity contribution < 1.29 is 0 Å². The van der Waals surface area contributed by atoms with Gasteiger partial charge in [-0.25, -0.2) is 4.68 Å². The minimum absolute atomic E-state index is 0.126. The van der Waals surface area contributed by atoms with Crippen LogP contribution in [0.25, 0.3) is 27.8 Å². The first-order valence-corrected chi connectivity index (χ1v) is 6.39. The molecule has 20 heavy (non-hydrogen) atoms. The van der Waals surface area contributed by atoms with Gasteiger partial charge in [0.25, 0.3) is 5.56 Å². The van der Waals surface area contributed by atoms with E-state index >= 15 is 0 Å². The first-order valence-electron chi connectivity index (χ1n) is 6.39. The first-order chi connectivity index (χ1) is 9.83. The molecular weight excluding hydrogens is 250 g/mol. The number of aromatic amines is 1. The van der Waals surface area contributed by atoms with Gasteiger partial charge in [0.05, 0.1) is 11.2 Å². The highest BCUT2D eigenvalue weighted by Crippen LogP contribution is 2.24. The van der Waals surface area contributed by atoms with Gasteiger partial charge in [0, 0.05) is 17.1 Å². The summed E-state index contributed by atoms with van der Waals surface area (Å²) < 4.78 is 1.66. The number of nitrogens with one attached hydrogen (secondary N) is 1. The third kappa shape index (κ3) is 1.55. The Hall–Kier alpha value is -2.88. The summed E-state index contributed by atoms with van der Waals surface area (Å²) in [7, 11) is 0. The maximum Gasteiger partial charge on any atom is 0.275 e. The molecule has 1 aromatic heterocycles. The Labute approximate surface area is 114 Å². The molecule has 1 aromatic carbocycles. The summed E-state index contributed by atoms with van der Waals surface area (Å²) in [6, 6.07) is 17.4. The summed E-state index contributed by atoms with van der Waals surface area (Å²) in [6.45, 7) is 0. The molecule has 4 heteroatoms. The first kappa shape index (κ1) is 11.0. The largest absolute Gasteiger partial charge is 0.320 e. The van der Waals surface area contributed by atoms with Gasteiger partial charge < -0.3 is 4.98 Å². The molecule has 0 atom stereocenters. The van der Waals surface area contributed by atoms with Crippen LogP contribution in [0.1, 0.15) is 0 Å². The van der Waals surface area contributed by atoms with E-state index in [1.165, 1.54) is 0 Å². The number of hydrogen-bond donors (Lipinski definition) is 1. The molecule has 4 rings (SSSR count). The molecule has 0 unspecified atom stereocenters. The average Bonchev–Trinajstić information content (AvgIpc) is 2.92. The van der Waals surface area contributed by atoms with Crippen LogP contribution in [-0.2, 0) is 0 Å². The van der Waals surface area contributed by atoms with Crippen LogP contribution in [0.15, 0.2) is 65.6 Å². The fraction of sp³-hybridized carbons (Fsp3) is 0. The molecule has 0 bridgehead atoms. The minimum Gasteiger partial charge on any atom is -0.320 e. The zero-order valence-electron chi connectivity index (χ0n) is 10.6. The Morgan fingerprint density at radius 3 is 2.65 bits per heavy atom. The van der Waals surface area contributed by atoms with Crippen molar-refractivity contribution in [3.63, 3.8) is 0 Å². The van der Waals surface area contributed by atoms with Crippen LogP contribution >= 0.6 is 0 Å². The van der Waals surface area contributed by atoms with E-state index in [1.807, 2.05) is 60.8 Å². The molecule has 1 N–H and O–H groups in total. The quantitative estimate of drug-likeness (QED) is 0.573. The molecule has 0 saturated carbocycles. The Bertz CT molecular complexity index is 903. The molecule has 0 radical (unpaired) electrons. The second-order valence-electron chi connectivity index (χ2n) is 4.67. The van der Waals surface area contributed by atoms with Crippen molar-refractivity contribution in [1.82, 2.24) is 14.8 Å². The lowest BCUT2D eigenvalue weighted by Crippen LogP contribution is -2.08. The van der Waals surface area contributed by atoms with Crippen LogP contribution in [-0.4, -0.2) is 14.8 Å². The summed E-state index contributed by atoms with van der Waals surface area (Å²) >= 11 is 0. The maximum atomic E-state index is 12.2. The van der Waals surface area contributed by atoms with Gasteiger partial charge in [-0.2, -0.15) is 5.10 Å². The molecule has 1 aliphatic heterocycles. The third-order valence-corrected chi connectivity index (χ3v) is 3.40. The van der Waals surface area contributed by atoms with Crippen molar-refractivity contribution in [2.75, 3.05) is 0 Å². The number of H-pyrrole nitrogens is 1. The van der Waals surface area contributed by atoms with Gasteiger partial charge in [0.2, 0.25) is 0 Å². The molecule has 0 spiro atoms. The number of hydrogen-bond acceptors (Lipinski definition) is 2. The van der Waals surface area contributed by atoms with Crippen LogP contribution < -0.4 is 5.56 Å². The van der Waals surface area contributed by atoms with Crippen molar-refractivity contribution in [1.29, 1.82) is 0 Å². The van der Waals surface area contributed by atoms with Gasteiger partial charge in [-0.15, -0.1) is 0 Å². The summed E-state index contributed by atoms with van der Waals surface area (Å²) in [5.74, 6) is 0. The lowest BCUT2D eigenvalue weighted by Gasteiger charge is -1.98. The van der Waals surface area contributed by atoms with Crippen molar-refractivity contribution in [2.24, 2.45) is 0 Å². The summed E-state index contributed by atoms with van der Waals surface area (Å²) in [5.41, 5.74) is 3.00. The normalized spacial score (nSPS) is 11.2. The van der Waals surface area contributed by atoms with Crippen LogP contribution in [0.3, 0.4) is 0 Å². The highest BCUT2D eigenvalue weighted by molar-refractivity contribution is 5.80. The van der Waals surface area contributed by atoms with E-state index in [0.29, 0.717) is 5.69 Å². The number of fused-ring (bicyclic) bond motifs is 2. The van der Waals surface area contributed by atoms with Gasteiger partial charge in [-0.3, -0.25) is 4.79 Å². The second-order valence-corrected chi connectivity index (χ2v) is 4.67. The fourth-order valence-corrected chi connectivity index (χ4v) is 2.47. The lowest BCUT2D eigenvalue weighted by molar-refractivity contribution is 0.891. The highest BCUT2D eigenvalue weighted by Gasteiger charge is 2.16. The molecule has 2 aliphatic rings. The van der Waals surface area contributed by atoms with Crippen molar-refractivity contribution in [3.05, 3.63) is 71.1 Å². The predicted octanol–water partition coefficient (Wildman–Crippen LogP) is 2.82. The SMILES string of the molecule is O=c1[nH]c2cccccc-2c1-n1cc2ccccc2n1. The molecule has 0 saturated heterocycles. The van der Waals surface area contributed by atoms with E-state index in [4.69, 9.17) is 0 Å². The predicted molar refractivity (Wildman–Crippen MR) is 78.3 cm³/mol. The number of benzene rings is 1. The van der Waals surface area contributed by atoms with E-state index in [0.717, 1.165) is 22.2 Å². The monoisotopic (exact) mass is 261 g/mol. The molecule has 96 valence electrons. The van der Waals surface area contributed by atoms with Crippen molar-refractivity contribution in [2.45, 2.75) is 0 Å². The van der Waals surface area contributed by atoms with Crippen molar-refractivity contribution in [3.8, 4) is 16.9 Å². The van der Waals surface area contributed by atoms with Gasteiger partial charge in [-0.05, 0) is 12.1 Å². The van der Waals surface area contributed by atoms with Gasteiger partial charge >= 0.3 is 0 Å². The Balaban J connectivity index is 2.04. The fourth-order valence-electron chi connectivity index (χ4n) is 2.47. The Morgan fingerprint density at radius 1 is 0.950 bits per heavy atom. The van der Waals surface area contributed by atoms with Crippen LogP contribution in [0.5, 0.6) is 0 Å². The zero-order valence-corrected chi connectivity index (χ0v) is 10.6. The maximum absolute atomic E-state index is 12.2. The Kier molecular flexibility index (Phi) is 2.23. The third-order valence-electron chi connectivity index (χ3n) is 3.40. The van der Waals surface area contributed by atoms with Crippen LogP contribution in [0, 0.1) is 0 Å². The molecular formula is C16H11N3O. The standard InChI is InChI=1S/C16H11N3O/c20-16-15(12-7-2-1-3-9-14(12)17-16)19-10-11-6-4-5-8-13(11)18-19/h1-10H,(H,17,20). The van der Waals surface area contributed by atoms with E-state index in [9.17, 15) is 4.79 Å². The molecule has 0 amide bonds. The zero-order chi connectivity index (χ0) is 13.5. The molecule has 1 aliphatic carbocycles. The lowest BCUT2D eigenvalue weighted by atomic mass is 10.2. The van der Waals surface area contributed by atoms with E-state index in [2.05, 4.69) is 10.1 Å². The van der Waals surface area contributed by atoms with Gasteiger partial charge in [0.15, 0.2) is 0 Å². The van der Waals surface area contributed by atoms with Gasteiger partial charge in [-0.1, -0.05) is 42.5 Å². The minimum atomic E-state index is -0.126. The summed E-state index contributed by atoms with van der Waals surface area (Å²) in [4.78, 5) is 15.1. The molecule has 2 heterocycles. The topological polar surface area (TPSA) is 50.7 Å². The second kappa shape index (κ2) is 4.06. The van der Waals surface area contributed by atoms with E-state index in [1.54, 1.807) is 4.68 Å². The van der Waals surface area contributed by atoms with Crippen molar-refractivity contribution >= 4 is 10.9 Å². The average molecular weight is 261 g/mol.